The second-order valence-electron chi connectivity index (χ2n) is 8.26. The van der Waals surface area contributed by atoms with Crippen LogP contribution in [0.15, 0.2) is 24.3 Å². The van der Waals surface area contributed by atoms with Crippen LogP contribution < -0.4 is 4.90 Å². The minimum absolute atomic E-state index is 0.0273. The summed E-state index contributed by atoms with van der Waals surface area (Å²) in [7, 11) is 0. The first-order chi connectivity index (χ1) is 12.3. The molecular weight excluding hydrogens is 330 g/mol. The lowest BCUT2D eigenvalue weighted by Crippen LogP contribution is -2.43. The Morgan fingerprint density at radius 2 is 1.88 bits per heavy atom. The average molecular weight is 361 g/mol. The molecule has 5 heteroatoms. The molecule has 2 N–H and O–H groups in total. The Kier molecular flexibility index (Phi) is 5.70. The van der Waals surface area contributed by atoms with Gasteiger partial charge < -0.3 is 19.8 Å². The predicted octanol–water partition coefficient (Wildman–Crippen LogP) is 2.53. The molecule has 1 aromatic rings. The van der Waals surface area contributed by atoms with Gasteiger partial charge in [0.05, 0.1) is 17.8 Å². The summed E-state index contributed by atoms with van der Waals surface area (Å²) >= 11 is 0. The normalized spacial score (nSPS) is 29.1. The van der Waals surface area contributed by atoms with E-state index in [0.29, 0.717) is 12.8 Å². The number of carbonyl (C=O) groups excluding carboxylic acids is 1. The van der Waals surface area contributed by atoms with Gasteiger partial charge in [-0.1, -0.05) is 19.1 Å². The van der Waals surface area contributed by atoms with Crippen molar-refractivity contribution in [1.29, 1.82) is 0 Å². The van der Waals surface area contributed by atoms with Gasteiger partial charge >= 0.3 is 0 Å². The van der Waals surface area contributed by atoms with Gasteiger partial charge in [0.15, 0.2) is 0 Å². The number of aliphatic hydroxyl groups is 2. The van der Waals surface area contributed by atoms with Gasteiger partial charge in [0.2, 0.25) is 5.91 Å². The van der Waals surface area contributed by atoms with Crippen LogP contribution >= 0.6 is 0 Å². The number of hydrogen-bond acceptors (Lipinski definition) is 4. The van der Waals surface area contributed by atoms with Crippen molar-refractivity contribution in [1.82, 2.24) is 0 Å². The molecule has 2 saturated heterocycles. The zero-order valence-electron chi connectivity index (χ0n) is 16.0. The molecule has 0 bridgehead atoms. The number of nitrogens with zero attached hydrogens (tertiary/aromatic N) is 1. The van der Waals surface area contributed by atoms with Crippen molar-refractivity contribution in [3.8, 4) is 0 Å². The van der Waals surface area contributed by atoms with Crippen molar-refractivity contribution in [2.24, 2.45) is 11.8 Å². The highest BCUT2D eigenvalue weighted by Gasteiger charge is 2.47. The molecule has 0 aliphatic carbocycles. The maximum absolute atomic E-state index is 11.5. The van der Waals surface area contributed by atoms with Gasteiger partial charge in [-0.05, 0) is 56.7 Å². The van der Waals surface area contributed by atoms with Crippen LogP contribution in [0.3, 0.4) is 0 Å². The average Bonchev–Trinajstić information content (AvgIpc) is 2.89. The lowest BCUT2D eigenvalue weighted by Gasteiger charge is -2.32. The van der Waals surface area contributed by atoms with Crippen molar-refractivity contribution in [3.05, 3.63) is 29.8 Å². The second kappa shape index (κ2) is 7.67. The summed E-state index contributed by atoms with van der Waals surface area (Å²) in [6.45, 7) is 6.70. The summed E-state index contributed by atoms with van der Waals surface area (Å²) in [6.07, 6.45) is 2.98. The molecule has 3 rings (SSSR count). The third kappa shape index (κ3) is 3.95. The lowest BCUT2D eigenvalue weighted by atomic mass is 9.76. The van der Waals surface area contributed by atoms with Crippen LogP contribution in [-0.4, -0.2) is 47.1 Å². The predicted molar refractivity (Wildman–Crippen MR) is 101 cm³/mol. The van der Waals surface area contributed by atoms with Crippen LogP contribution in [0.4, 0.5) is 5.69 Å². The fourth-order valence-electron chi connectivity index (χ4n) is 4.55. The minimum Gasteiger partial charge on any atom is -0.396 e. The van der Waals surface area contributed by atoms with Crippen molar-refractivity contribution in [2.75, 3.05) is 18.1 Å². The van der Waals surface area contributed by atoms with Crippen LogP contribution in [0, 0.1) is 11.8 Å². The molecule has 2 heterocycles. The third-order valence-corrected chi connectivity index (χ3v) is 5.95. The molecule has 2 fully saturated rings. The summed E-state index contributed by atoms with van der Waals surface area (Å²) in [4.78, 5) is 13.3. The maximum Gasteiger partial charge on any atom is 0.228 e. The van der Waals surface area contributed by atoms with E-state index in [4.69, 9.17) is 4.74 Å². The number of rotatable bonds is 7. The highest BCUT2D eigenvalue weighted by molar-refractivity contribution is 5.99. The molecule has 1 amide bonds. The van der Waals surface area contributed by atoms with Gasteiger partial charge in [0.1, 0.15) is 0 Å². The summed E-state index contributed by atoms with van der Waals surface area (Å²) in [6, 6.07) is 8.19. The number of aryl methyl sites for hydroxylation is 1. The Balaban J connectivity index is 1.59. The maximum atomic E-state index is 11.5. The lowest BCUT2D eigenvalue weighted by molar-refractivity contribution is -0.122. The Morgan fingerprint density at radius 1 is 1.19 bits per heavy atom. The molecule has 4 atom stereocenters. The highest BCUT2D eigenvalue weighted by atomic mass is 16.5. The topological polar surface area (TPSA) is 70.0 Å². The standard InChI is InChI=1S/C21H31NO4/c1-14-17(26-18(11-13-23)20(14)21(2,3)25)9-6-15-4-7-16(8-5-15)22-12-10-19(22)24/h4-5,7-8,14,17-18,20,23,25H,6,9-13H2,1-3H3/t14-,17+,18-,20+/m1/s1. The van der Waals surface area contributed by atoms with Crippen LogP contribution in [-0.2, 0) is 16.0 Å². The first-order valence-corrected chi connectivity index (χ1v) is 9.69. The number of amides is 1. The Morgan fingerprint density at radius 3 is 2.38 bits per heavy atom. The SMILES string of the molecule is C[C@H]1[C@H](C(C)(C)O)[C@@H](CCO)O[C@H]1CCc1ccc(N2CCC2=O)cc1. The minimum atomic E-state index is -0.820. The molecule has 144 valence electrons. The Hall–Kier alpha value is -1.43. The van der Waals surface area contributed by atoms with Crippen LogP contribution in [0.1, 0.15) is 45.6 Å². The highest BCUT2D eigenvalue weighted by Crippen LogP contribution is 2.42. The number of ether oxygens (including phenoxy) is 1. The smallest absolute Gasteiger partial charge is 0.228 e. The molecule has 0 saturated carbocycles. The molecule has 0 spiro atoms. The number of benzene rings is 1. The fourth-order valence-corrected chi connectivity index (χ4v) is 4.55. The molecule has 2 aliphatic rings. The van der Waals surface area contributed by atoms with E-state index in [1.165, 1.54) is 5.56 Å². The number of hydrogen-bond donors (Lipinski definition) is 2. The second-order valence-corrected chi connectivity index (χ2v) is 8.26. The summed E-state index contributed by atoms with van der Waals surface area (Å²) in [5.41, 5.74) is 1.38. The van der Waals surface area contributed by atoms with Crippen molar-refractivity contribution in [3.63, 3.8) is 0 Å². The van der Waals surface area contributed by atoms with Crippen LogP contribution in [0.25, 0.3) is 0 Å². The Bertz CT molecular complexity index is 622. The van der Waals surface area contributed by atoms with Crippen molar-refractivity contribution >= 4 is 11.6 Å². The van der Waals surface area contributed by atoms with E-state index in [-0.39, 0.29) is 36.6 Å². The first-order valence-electron chi connectivity index (χ1n) is 9.69. The van der Waals surface area contributed by atoms with E-state index in [1.54, 1.807) is 4.90 Å². The summed E-state index contributed by atoms with van der Waals surface area (Å²) in [5.74, 6) is 0.461. The third-order valence-electron chi connectivity index (χ3n) is 5.95. The zero-order valence-corrected chi connectivity index (χ0v) is 16.0. The van der Waals surface area contributed by atoms with Gasteiger partial charge in [0, 0.05) is 31.2 Å². The monoisotopic (exact) mass is 361 g/mol. The number of anilines is 1. The van der Waals surface area contributed by atoms with Gasteiger partial charge in [-0.3, -0.25) is 4.79 Å². The zero-order chi connectivity index (χ0) is 18.9. The van der Waals surface area contributed by atoms with Gasteiger partial charge in [0.25, 0.3) is 0 Å². The van der Waals surface area contributed by atoms with Gasteiger partial charge in [-0.2, -0.15) is 0 Å². The van der Waals surface area contributed by atoms with E-state index in [2.05, 4.69) is 19.1 Å². The number of aliphatic hydroxyl groups excluding tert-OH is 1. The van der Waals surface area contributed by atoms with Crippen molar-refractivity contribution in [2.45, 2.75) is 64.3 Å². The van der Waals surface area contributed by atoms with Gasteiger partial charge in [-0.15, -0.1) is 0 Å². The van der Waals surface area contributed by atoms with Crippen LogP contribution in [0.5, 0.6) is 0 Å². The van der Waals surface area contributed by atoms with E-state index >= 15 is 0 Å². The molecule has 0 unspecified atom stereocenters. The number of β-lactam (4-membered cyclic amide) rings is 1. The molecule has 0 radical (unpaired) electrons. The molecule has 26 heavy (non-hydrogen) atoms. The number of carbonyl (C=O) groups is 1. The fraction of sp³-hybridized carbons (Fsp3) is 0.667. The molecule has 0 aromatic heterocycles. The summed E-state index contributed by atoms with van der Waals surface area (Å²) in [5, 5.41) is 19.8. The molecule has 5 nitrogen and oxygen atoms in total. The molecule has 1 aromatic carbocycles. The Labute approximate surface area is 156 Å². The summed E-state index contributed by atoms with van der Waals surface area (Å²) < 4.78 is 6.20. The quantitative estimate of drug-likeness (QED) is 0.732. The van der Waals surface area contributed by atoms with Crippen LogP contribution in [0.2, 0.25) is 0 Å². The van der Waals surface area contributed by atoms with E-state index in [9.17, 15) is 15.0 Å². The molecular formula is C21H31NO4. The van der Waals surface area contributed by atoms with E-state index < -0.39 is 5.60 Å². The van der Waals surface area contributed by atoms with Gasteiger partial charge in [-0.25, -0.2) is 0 Å². The molecule has 2 aliphatic heterocycles. The van der Waals surface area contributed by atoms with E-state index in [1.807, 2.05) is 26.0 Å². The van der Waals surface area contributed by atoms with E-state index in [0.717, 1.165) is 25.1 Å². The largest absolute Gasteiger partial charge is 0.396 e. The van der Waals surface area contributed by atoms with Crippen molar-refractivity contribution < 1.29 is 19.7 Å². The first kappa shape index (κ1) is 19.3.